The highest BCUT2D eigenvalue weighted by molar-refractivity contribution is 5.96. The van der Waals surface area contributed by atoms with E-state index in [1.54, 1.807) is 56.4 Å². The van der Waals surface area contributed by atoms with E-state index in [1.165, 1.54) is 0 Å². The number of nitriles is 1. The van der Waals surface area contributed by atoms with Gasteiger partial charge in [-0.25, -0.2) is 9.78 Å². The van der Waals surface area contributed by atoms with Gasteiger partial charge in [0.15, 0.2) is 5.60 Å². The molecule has 3 saturated carbocycles. The second-order valence-electron chi connectivity index (χ2n) is 9.61. The van der Waals surface area contributed by atoms with E-state index in [4.69, 9.17) is 14.7 Å². The van der Waals surface area contributed by atoms with E-state index in [2.05, 4.69) is 16.4 Å². The zero-order valence-corrected chi connectivity index (χ0v) is 19.4. The molecule has 1 aromatic heterocycles. The van der Waals surface area contributed by atoms with Crippen molar-refractivity contribution in [2.75, 3.05) is 6.54 Å². The average Bonchev–Trinajstić information content (AvgIpc) is 2.83. The first-order valence-corrected chi connectivity index (χ1v) is 11.6. The Morgan fingerprint density at radius 3 is 2.71 bits per heavy atom. The molecular weight excluding hydrogens is 434 g/mol. The molecule has 8 nitrogen and oxygen atoms in total. The third-order valence-electron chi connectivity index (χ3n) is 6.92. The van der Waals surface area contributed by atoms with Crippen LogP contribution in [0.3, 0.4) is 0 Å². The van der Waals surface area contributed by atoms with Crippen molar-refractivity contribution in [3.8, 4) is 17.7 Å². The number of nitrogens with one attached hydrogen (secondary N) is 1. The second kappa shape index (κ2) is 9.82. The third kappa shape index (κ3) is 5.20. The van der Waals surface area contributed by atoms with Crippen molar-refractivity contribution < 1.29 is 24.2 Å². The lowest BCUT2D eigenvalue weighted by atomic mass is 9.63. The summed E-state index contributed by atoms with van der Waals surface area (Å²) in [6, 6.07) is 12.1. The molecular formula is C26H29N3O5. The molecule has 2 N–H and O–H groups in total. The summed E-state index contributed by atoms with van der Waals surface area (Å²) in [6.45, 7) is 3.73. The number of carboxylic acids is 1. The number of rotatable bonds is 8. The molecule has 0 spiro atoms. The van der Waals surface area contributed by atoms with E-state index < -0.39 is 11.6 Å². The summed E-state index contributed by atoms with van der Waals surface area (Å²) in [6.07, 6.45) is 5.31. The van der Waals surface area contributed by atoms with E-state index in [9.17, 15) is 14.7 Å². The van der Waals surface area contributed by atoms with Gasteiger partial charge in [-0.2, -0.15) is 5.26 Å². The molecule has 1 amide bonds. The van der Waals surface area contributed by atoms with Crippen molar-refractivity contribution in [1.29, 1.82) is 5.26 Å². The maximum Gasteiger partial charge on any atom is 0.335 e. The van der Waals surface area contributed by atoms with Crippen molar-refractivity contribution in [2.24, 2.45) is 17.8 Å². The Labute approximate surface area is 198 Å². The number of aromatic nitrogens is 1. The summed E-state index contributed by atoms with van der Waals surface area (Å²) in [5.74, 6) is 0.418. The summed E-state index contributed by atoms with van der Waals surface area (Å²) in [7, 11) is 0. The number of hydrogen-bond acceptors (Lipinski definition) is 6. The Kier molecular flexibility index (Phi) is 6.85. The fraction of sp³-hybridized carbons (Fsp3) is 0.462. The molecule has 3 aliphatic rings. The summed E-state index contributed by atoms with van der Waals surface area (Å²) >= 11 is 0. The van der Waals surface area contributed by atoms with Gasteiger partial charge >= 0.3 is 5.97 Å². The maximum atomic E-state index is 13.0. The highest BCUT2D eigenvalue weighted by atomic mass is 16.5. The van der Waals surface area contributed by atoms with Crippen LogP contribution < -0.4 is 10.1 Å². The minimum atomic E-state index is -1.20. The number of ether oxygens (including phenoxy) is 2. The van der Waals surface area contributed by atoms with Gasteiger partial charge in [0.1, 0.15) is 11.3 Å². The van der Waals surface area contributed by atoms with Crippen molar-refractivity contribution in [1.82, 2.24) is 10.3 Å². The number of carbonyl (C=O) groups excluding carboxylic acids is 1. The van der Waals surface area contributed by atoms with Crippen LogP contribution in [0.4, 0.5) is 0 Å². The molecule has 0 radical (unpaired) electrons. The Morgan fingerprint density at radius 2 is 2.00 bits per heavy atom. The third-order valence-corrected chi connectivity index (χ3v) is 6.92. The van der Waals surface area contributed by atoms with Crippen molar-refractivity contribution in [3.63, 3.8) is 0 Å². The first-order chi connectivity index (χ1) is 16.3. The van der Waals surface area contributed by atoms with Crippen LogP contribution in [0.1, 0.15) is 55.5 Å². The van der Waals surface area contributed by atoms with Gasteiger partial charge in [0, 0.05) is 12.7 Å². The molecule has 178 valence electrons. The normalized spacial score (nSPS) is 23.7. The van der Waals surface area contributed by atoms with E-state index in [-0.39, 0.29) is 17.9 Å². The lowest BCUT2D eigenvalue weighted by molar-refractivity contribution is -0.182. The van der Waals surface area contributed by atoms with Crippen molar-refractivity contribution >= 4 is 11.9 Å². The molecule has 2 aromatic rings. The van der Waals surface area contributed by atoms with Gasteiger partial charge in [0.05, 0.1) is 17.7 Å². The lowest BCUT2D eigenvalue weighted by Crippen LogP contribution is -2.49. The molecule has 1 aromatic carbocycles. The molecule has 2 bridgehead atoms. The Morgan fingerprint density at radius 1 is 1.21 bits per heavy atom. The van der Waals surface area contributed by atoms with Gasteiger partial charge in [-0.15, -0.1) is 0 Å². The van der Waals surface area contributed by atoms with Gasteiger partial charge in [-0.3, -0.25) is 4.79 Å². The molecule has 8 heteroatoms. The van der Waals surface area contributed by atoms with Crippen LogP contribution in [0.25, 0.3) is 0 Å². The number of amides is 1. The van der Waals surface area contributed by atoms with Gasteiger partial charge in [-0.05, 0) is 87.6 Å². The predicted molar refractivity (Wildman–Crippen MR) is 123 cm³/mol. The van der Waals surface area contributed by atoms with Gasteiger partial charge in [0.25, 0.3) is 5.91 Å². The lowest BCUT2D eigenvalue weighted by Gasteiger charge is -2.48. The minimum Gasteiger partial charge on any atom is -0.479 e. The number of carboxylic acid groups (broad SMARTS) is 1. The highest BCUT2D eigenvalue weighted by Crippen LogP contribution is 2.47. The smallest absolute Gasteiger partial charge is 0.335 e. The monoisotopic (exact) mass is 463 g/mol. The number of benzene rings is 1. The average molecular weight is 464 g/mol. The molecule has 4 unspecified atom stereocenters. The molecule has 1 heterocycles. The zero-order chi connectivity index (χ0) is 24.3. The predicted octanol–water partition coefficient (Wildman–Crippen LogP) is 4.16. The van der Waals surface area contributed by atoms with E-state index >= 15 is 0 Å². The fourth-order valence-corrected chi connectivity index (χ4v) is 5.03. The number of pyridine rings is 1. The fourth-order valence-electron chi connectivity index (χ4n) is 5.03. The first kappa shape index (κ1) is 23.7. The van der Waals surface area contributed by atoms with Crippen LogP contribution in [0, 0.1) is 29.1 Å². The van der Waals surface area contributed by atoms with Gasteiger partial charge in [-0.1, -0.05) is 6.07 Å². The molecule has 3 fully saturated rings. The van der Waals surface area contributed by atoms with Crippen LogP contribution >= 0.6 is 0 Å². The van der Waals surface area contributed by atoms with Crippen LogP contribution in [-0.2, 0) is 9.53 Å². The van der Waals surface area contributed by atoms with Crippen molar-refractivity contribution in [3.05, 3.63) is 53.7 Å². The Bertz CT molecular complexity index is 1110. The summed E-state index contributed by atoms with van der Waals surface area (Å²) in [5, 5.41) is 21.5. The zero-order valence-electron chi connectivity index (χ0n) is 19.4. The number of carbonyl (C=O) groups is 2. The topological polar surface area (TPSA) is 122 Å². The number of fused-ring (bicyclic) bond motifs is 3. The Balaban J connectivity index is 1.37. The number of nitrogens with zero attached hydrogens (tertiary/aromatic N) is 2. The number of hydrogen-bond donors (Lipinski definition) is 2. The Hall–Kier alpha value is -3.44. The molecule has 34 heavy (non-hydrogen) atoms. The number of aliphatic carboxylic acids is 1. The summed E-state index contributed by atoms with van der Waals surface area (Å²) in [4.78, 5) is 28.6. The van der Waals surface area contributed by atoms with Crippen LogP contribution in [-0.4, -0.2) is 40.2 Å². The summed E-state index contributed by atoms with van der Waals surface area (Å²) < 4.78 is 11.8. The van der Waals surface area contributed by atoms with Crippen LogP contribution in [0.15, 0.2) is 42.6 Å². The van der Waals surface area contributed by atoms with E-state index in [0.717, 1.165) is 25.7 Å². The molecule has 3 aliphatic carbocycles. The summed E-state index contributed by atoms with van der Waals surface area (Å²) in [5.41, 5.74) is -0.411. The van der Waals surface area contributed by atoms with E-state index in [0.29, 0.717) is 41.2 Å². The second-order valence-corrected chi connectivity index (χ2v) is 9.61. The van der Waals surface area contributed by atoms with E-state index in [1.807, 2.05) is 0 Å². The van der Waals surface area contributed by atoms with Gasteiger partial charge in [0.2, 0.25) is 5.88 Å². The molecule has 4 atom stereocenters. The maximum absolute atomic E-state index is 13.0. The quantitative estimate of drug-likeness (QED) is 0.603. The van der Waals surface area contributed by atoms with Crippen LogP contribution in [0.5, 0.6) is 11.6 Å². The molecule has 0 saturated heterocycles. The van der Waals surface area contributed by atoms with Crippen molar-refractivity contribution in [2.45, 2.75) is 51.2 Å². The highest BCUT2D eigenvalue weighted by Gasteiger charge is 2.45. The standard InChI is InChI=1S/C26H29N3O5/c1-26(2,25(31)32)34-22-13-17-8-9-18(22)12-19(17)15-29-23(30)21-7-4-10-28-24(21)33-20-6-3-5-16(11-20)14-27/h3-7,10-11,17-19,22H,8-9,12-13,15H2,1-2H3,(H,29,30)(H,31,32). The molecule has 0 aliphatic heterocycles. The first-order valence-electron chi connectivity index (χ1n) is 11.6. The molecule has 5 rings (SSSR count). The van der Waals surface area contributed by atoms with Crippen LogP contribution in [0.2, 0.25) is 0 Å². The van der Waals surface area contributed by atoms with Gasteiger partial charge < -0.3 is 19.9 Å². The largest absolute Gasteiger partial charge is 0.479 e. The minimum absolute atomic E-state index is 0.0562. The SMILES string of the molecule is CC(C)(OC1CC2CCC1CC2CNC(=O)c1cccnc1Oc1cccc(C#N)c1)C(=O)O.